The molecule has 140 valence electrons. The summed E-state index contributed by atoms with van der Waals surface area (Å²) in [5, 5.41) is 6.56. The Bertz CT molecular complexity index is 699. The summed E-state index contributed by atoms with van der Waals surface area (Å²) in [5.74, 6) is 3.24. The van der Waals surface area contributed by atoms with Gasteiger partial charge in [0.2, 0.25) is 5.88 Å². The smallest absolute Gasteiger partial charge is 0.219 e. The minimum Gasteiger partial charge on any atom is -0.490 e. The van der Waals surface area contributed by atoms with Crippen molar-refractivity contribution >= 4 is 5.96 Å². The maximum Gasteiger partial charge on any atom is 0.219 e. The second-order valence-corrected chi connectivity index (χ2v) is 6.19. The molecule has 0 aliphatic heterocycles. The number of hydrogen-bond acceptors (Lipinski definition) is 4. The number of aliphatic imine (C=N–C) groups is 1. The molecule has 1 aromatic carbocycles. The molecule has 2 N–H and O–H groups in total. The molecule has 0 aliphatic carbocycles. The average molecular weight is 356 g/mol. The van der Waals surface area contributed by atoms with Crippen LogP contribution >= 0.6 is 0 Å². The molecule has 0 radical (unpaired) electrons. The summed E-state index contributed by atoms with van der Waals surface area (Å²) in [6.45, 7) is 8.37. The van der Waals surface area contributed by atoms with Crippen LogP contribution in [0.3, 0.4) is 0 Å². The minimum absolute atomic E-state index is 0.531. The van der Waals surface area contributed by atoms with Crippen molar-refractivity contribution in [2.24, 2.45) is 10.9 Å². The maximum atomic E-state index is 5.84. The highest BCUT2D eigenvalue weighted by Gasteiger charge is 2.06. The number of aromatic nitrogens is 1. The van der Waals surface area contributed by atoms with E-state index >= 15 is 0 Å². The van der Waals surface area contributed by atoms with Crippen LogP contribution in [0.5, 0.6) is 17.4 Å². The number of nitrogens with zero attached hydrogens (tertiary/aromatic N) is 2. The van der Waals surface area contributed by atoms with E-state index in [4.69, 9.17) is 9.47 Å². The highest BCUT2D eigenvalue weighted by Crippen LogP contribution is 2.30. The van der Waals surface area contributed by atoms with Gasteiger partial charge in [0.25, 0.3) is 0 Å². The first-order chi connectivity index (χ1) is 12.6. The lowest BCUT2D eigenvalue weighted by molar-refractivity contribution is 0.319. The molecule has 0 unspecified atom stereocenters. The van der Waals surface area contributed by atoms with Crippen LogP contribution in [0.4, 0.5) is 0 Å². The number of hydrogen-bond donors (Lipinski definition) is 2. The maximum absolute atomic E-state index is 5.84. The zero-order chi connectivity index (χ0) is 18.8. The third-order valence-electron chi connectivity index (χ3n) is 3.52. The zero-order valence-electron chi connectivity index (χ0n) is 16.0. The van der Waals surface area contributed by atoms with Gasteiger partial charge in [-0.2, -0.15) is 0 Å². The van der Waals surface area contributed by atoms with Gasteiger partial charge in [-0.3, -0.25) is 4.99 Å². The normalized spacial score (nSPS) is 11.3. The Balaban J connectivity index is 1.92. The Morgan fingerprint density at radius 3 is 2.50 bits per heavy atom. The predicted octanol–water partition coefficient (Wildman–Crippen LogP) is 3.59. The van der Waals surface area contributed by atoms with Crippen molar-refractivity contribution in [3.63, 3.8) is 0 Å². The molecule has 1 aromatic heterocycles. The number of nitrogens with one attached hydrogen (secondary N) is 2. The first-order valence-corrected chi connectivity index (χ1v) is 8.91. The number of guanidine groups is 1. The van der Waals surface area contributed by atoms with Crippen LogP contribution in [0.1, 0.15) is 26.3 Å². The van der Waals surface area contributed by atoms with Crippen LogP contribution in [0.2, 0.25) is 0 Å². The molecule has 0 atom stereocenters. The topological polar surface area (TPSA) is 67.8 Å². The van der Waals surface area contributed by atoms with Crippen LogP contribution < -0.4 is 20.1 Å². The fourth-order valence-electron chi connectivity index (χ4n) is 2.20. The zero-order valence-corrected chi connectivity index (χ0v) is 16.0. The van der Waals surface area contributed by atoms with E-state index in [-0.39, 0.29) is 0 Å². The van der Waals surface area contributed by atoms with E-state index in [1.54, 1.807) is 13.2 Å². The molecule has 1 heterocycles. The molecule has 26 heavy (non-hydrogen) atoms. The second kappa shape index (κ2) is 10.3. The van der Waals surface area contributed by atoms with Gasteiger partial charge in [0.05, 0.1) is 6.61 Å². The third kappa shape index (κ3) is 6.27. The summed E-state index contributed by atoms with van der Waals surface area (Å²) >= 11 is 0. The van der Waals surface area contributed by atoms with Crippen LogP contribution in [0.25, 0.3) is 0 Å². The van der Waals surface area contributed by atoms with Gasteiger partial charge in [0.1, 0.15) is 0 Å². The predicted molar refractivity (Wildman–Crippen MR) is 105 cm³/mol. The molecular formula is C20H28N4O2. The average Bonchev–Trinajstić information content (AvgIpc) is 2.65. The van der Waals surface area contributed by atoms with Crippen molar-refractivity contribution in [3.8, 4) is 17.4 Å². The first-order valence-electron chi connectivity index (χ1n) is 8.91. The molecular weight excluding hydrogens is 328 g/mol. The third-order valence-corrected chi connectivity index (χ3v) is 3.52. The van der Waals surface area contributed by atoms with E-state index in [2.05, 4.69) is 34.5 Å². The standard InChI is InChI=1S/C20H28N4O2/c1-5-25-17-8-6-7-9-18(17)26-19-11-10-16(13-22-19)14-24-20(21-4)23-12-15(2)3/h6-11,13,15H,5,12,14H2,1-4H3,(H2,21,23,24). The van der Waals surface area contributed by atoms with Gasteiger partial charge in [-0.1, -0.05) is 32.0 Å². The van der Waals surface area contributed by atoms with Gasteiger partial charge in [-0.15, -0.1) is 0 Å². The lowest BCUT2D eigenvalue weighted by Gasteiger charge is -2.13. The van der Waals surface area contributed by atoms with E-state index in [1.807, 2.05) is 43.3 Å². The number of benzene rings is 1. The Labute approximate surface area is 155 Å². The Hall–Kier alpha value is -2.76. The van der Waals surface area contributed by atoms with Crippen molar-refractivity contribution in [2.45, 2.75) is 27.3 Å². The summed E-state index contributed by atoms with van der Waals surface area (Å²) in [7, 11) is 1.76. The molecule has 0 saturated carbocycles. The van der Waals surface area contributed by atoms with E-state index in [0.29, 0.717) is 36.4 Å². The Kier molecular flexibility index (Phi) is 7.74. The van der Waals surface area contributed by atoms with Gasteiger partial charge in [0.15, 0.2) is 17.5 Å². The second-order valence-electron chi connectivity index (χ2n) is 6.19. The molecule has 0 saturated heterocycles. The van der Waals surface area contributed by atoms with Crippen LogP contribution in [-0.4, -0.2) is 31.1 Å². The molecule has 0 spiro atoms. The lowest BCUT2D eigenvalue weighted by atomic mass is 10.2. The van der Waals surface area contributed by atoms with Gasteiger partial charge >= 0.3 is 0 Å². The molecule has 0 bridgehead atoms. The largest absolute Gasteiger partial charge is 0.490 e. The summed E-state index contributed by atoms with van der Waals surface area (Å²) < 4.78 is 11.4. The van der Waals surface area contributed by atoms with Crippen LogP contribution in [-0.2, 0) is 6.54 Å². The SMILES string of the molecule is CCOc1ccccc1Oc1ccc(CNC(=NC)NCC(C)C)cn1. The fraction of sp³-hybridized carbons (Fsp3) is 0.400. The summed E-state index contributed by atoms with van der Waals surface area (Å²) in [6.07, 6.45) is 1.79. The Morgan fingerprint density at radius 1 is 1.12 bits per heavy atom. The molecule has 6 nitrogen and oxygen atoms in total. The van der Waals surface area contributed by atoms with E-state index < -0.39 is 0 Å². The van der Waals surface area contributed by atoms with Gasteiger partial charge in [-0.05, 0) is 30.5 Å². The number of pyridine rings is 1. The van der Waals surface area contributed by atoms with Gasteiger partial charge < -0.3 is 20.1 Å². The first kappa shape index (κ1) is 19.6. The van der Waals surface area contributed by atoms with Gasteiger partial charge in [-0.25, -0.2) is 4.98 Å². The van der Waals surface area contributed by atoms with Crippen LogP contribution in [0.15, 0.2) is 47.6 Å². The molecule has 6 heteroatoms. The minimum atomic E-state index is 0.531. The lowest BCUT2D eigenvalue weighted by Crippen LogP contribution is -2.38. The number of para-hydroxylation sites is 2. The van der Waals surface area contributed by atoms with Crippen molar-refractivity contribution in [3.05, 3.63) is 48.2 Å². The van der Waals surface area contributed by atoms with E-state index in [1.165, 1.54) is 0 Å². The summed E-state index contributed by atoms with van der Waals surface area (Å²) in [6, 6.07) is 11.4. The molecule has 2 aromatic rings. The summed E-state index contributed by atoms with van der Waals surface area (Å²) in [5.41, 5.74) is 1.04. The van der Waals surface area contributed by atoms with Crippen molar-refractivity contribution in [1.82, 2.24) is 15.6 Å². The highest BCUT2D eigenvalue weighted by molar-refractivity contribution is 5.79. The number of rotatable bonds is 8. The summed E-state index contributed by atoms with van der Waals surface area (Å²) in [4.78, 5) is 8.59. The monoisotopic (exact) mass is 356 g/mol. The highest BCUT2D eigenvalue weighted by atomic mass is 16.5. The van der Waals surface area contributed by atoms with Crippen molar-refractivity contribution < 1.29 is 9.47 Å². The van der Waals surface area contributed by atoms with Crippen molar-refractivity contribution in [1.29, 1.82) is 0 Å². The van der Waals surface area contributed by atoms with E-state index in [9.17, 15) is 0 Å². The number of ether oxygens (including phenoxy) is 2. The molecule has 0 fully saturated rings. The van der Waals surface area contributed by atoms with E-state index in [0.717, 1.165) is 18.1 Å². The van der Waals surface area contributed by atoms with Crippen LogP contribution in [0, 0.1) is 5.92 Å². The quantitative estimate of drug-likeness (QED) is 0.559. The fourth-order valence-corrected chi connectivity index (χ4v) is 2.20. The van der Waals surface area contributed by atoms with Crippen molar-refractivity contribution in [2.75, 3.05) is 20.2 Å². The Morgan fingerprint density at radius 2 is 1.88 bits per heavy atom. The molecule has 0 aliphatic rings. The van der Waals surface area contributed by atoms with Gasteiger partial charge in [0, 0.05) is 32.4 Å². The molecule has 0 amide bonds. The molecule has 2 rings (SSSR count).